The molecule has 0 radical (unpaired) electrons. The van der Waals surface area contributed by atoms with Crippen LogP contribution in [0.15, 0.2) is 377 Å². The Morgan fingerprint density at radius 2 is 0.627 bits per heavy atom. The maximum atomic E-state index is 6.69. The van der Waals surface area contributed by atoms with Gasteiger partial charge >= 0.3 is 0 Å². The van der Waals surface area contributed by atoms with E-state index >= 15 is 0 Å². The SMILES string of the molecule is CC1(C)c2cc3c(cc2-c2nc(-n4c5ccccc5c5ccccc54)nc(-c4ccccc4)c21)sc1ccccc13.c1ccc(-c2nc(-n3c4ccccc4c4ccccc43)nc3c2sc2cc4c(cc23)oc2ccccc24)cc1.c1ccc2c(c1)oc1cc3c(cc12)oc1nc(-n2c4ccccc4c4ccccc42)nc(-n2c4ccccc4c4ccccc42)c13. The van der Waals surface area contributed by atoms with Crippen molar-refractivity contribution >= 4 is 216 Å². The summed E-state index contributed by atoms with van der Waals surface area (Å²) in [7, 11) is 0. The van der Waals surface area contributed by atoms with Crippen LogP contribution in [-0.4, -0.2) is 48.2 Å². The lowest BCUT2D eigenvalue weighted by Gasteiger charge is -2.24. The second-order valence-corrected chi connectivity index (χ2v) is 35.2. The molecule has 126 heavy (non-hydrogen) atoms. The molecular weight excluding hydrogens is 1590 g/mol. The highest BCUT2D eigenvalue weighted by Gasteiger charge is 2.41. The van der Waals surface area contributed by atoms with Gasteiger partial charge in [0, 0.05) is 128 Å². The Bertz CT molecular complexity index is 9290. The molecule has 0 aliphatic heterocycles. The molecule has 590 valence electrons. The minimum Gasteiger partial charge on any atom is -0.456 e. The van der Waals surface area contributed by atoms with Crippen LogP contribution < -0.4 is 0 Å². The van der Waals surface area contributed by atoms with Gasteiger partial charge in [0.15, 0.2) is 5.82 Å². The number of fused-ring (bicyclic) bond motifs is 30. The number of hydrogen-bond acceptors (Lipinski definition) is 11. The van der Waals surface area contributed by atoms with Crippen molar-refractivity contribution in [3.8, 4) is 57.4 Å². The minimum atomic E-state index is -0.258. The van der Waals surface area contributed by atoms with E-state index in [1.54, 1.807) is 11.3 Å². The fourth-order valence-corrected chi connectivity index (χ4v) is 22.5. The molecule has 0 atom stereocenters. The molecule has 0 spiro atoms. The Morgan fingerprint density at radius 1 is 0.254 bits per heavy atom. The first-order chi connectivity index (χ1) is 62.2. The Morgan fingerprint density at radius 3 is 1.13 bits per heavy atom. The first-order valence-electron chi connectivity index (χ1n) is 42.3. The highest BCUT2D eigenvalue weighted by atomic mass is 32.1. The van der Waals surface area contributed by atoms with Crippen molar-refractivity contribution in [1.82, 2.24) is 48.2 Å². The summed E-state index contributed by atoms with van der Waals surface area (Å²) >= 11 is 3.61. The molecule has 0 saturated heterocycles. The van der Waals surface area contributed by atoms with Gasteiger partial charge in [-0.05, 0) is 109 Å². The molecule has 0 saturated carbocycles. The van der Waals surface area contributed by atoms with Crippen LogP contribution in [0.2, 0.25) is 0 Å². The van der Waals surface area contributed by atoms with Crippen molar-refractivity contribution in [1.29, 1.82) is 0 Å². The van der Waals surface area contributed by atoms with Gasteiger partial charge in [-0.3, -0.25) is 18.3 Å². The quantitative estimate of drug-likeness (QED) is 0.159. The molecular formula is C111H66N10O3S2. The van der Waals surface area contributed by atoms with Crippen molar-refractivity contribution in [2.45, 2.75) is 19.3 Å². The molecule has 16 aromatic carbocycles. The van der Waals surface area contributed by atoms with E-state index in [9.17, 15) is 0 Å². The molecule has 12 heterocycles. The van der Waals surface area contributed by atoms with Crippen LogP contribution in [0.1, 0.15) is 25.0 Å². The van der Waals surface area contributed by atoms with E-state index in [1.807, 2.05) is 47.7 Å². The van der Waals surface area contributed by atoms with E-state index in [0.717, 1.165) is 176 Å². The molecule has 1 aliphatic rings. The number of furan rings is 3. The van der Waals surface area contributed by atoms with Crippen LogP contribution in [0, 0.1) is 0 Å². The lowest BCUT2D eigenvalue weighted by molar-refractivity contribution is 0.650. The van der Waals surface area contributed by atoms with Crippen LogP contribution in [0.3, 0.4) is 0 Å². The average molecular weight is 1650 g/mol. The van der Waals surface area contributed by atoms with Crippen molar-refractivity contribution < 1.29 is 13.3 Å². The summed E-state index contributed by atoms with van der Waals surface area (Å²) in [5.41, 5.74) is 22.9. The lowest BCUT2D eigenvalue weighted by Crippen LogP contribution is -2.18. The number of nitrogens with zero attached hydrogens (tertiary/aromatic N) is 10. The first-order valence-corrected chi connectivity index (χ1v) is 43.9. The Balaban J connectivity index is 0.0000000986. The van der Waals surface area contributed by atoms with E-state index in [4.69, 9.17) is 43.2 Å². The van der Waals surface area contributed by atoms with Gasteiger partial charge in [0.2, 0.25) is 23.6 Å². The fraction of sp³-hybridized carbons (Fsp3) is 0.0270. The number of rotatable bonds is 6. The summed E-state index contributed by atoms with van der Waals surface area (Å²) in [6, 6.07) is 127. The summed E-state index contributed by atoms with van der Waals surface area (Å²) in [6.07, 6.45) is 0. The number of benzene rings is 16. The zero-order valence-corrected chi connectivity index (χ0v) is 69.3. The fourth-order valence-electron chi connectivity index (χ4n) is 20.2. The molecule has 0 unspecified atom stereocenters. The van der Waals surface area contributed by atoms with Gasteiger partial charge in [-0.1, -0.05) is 275 Å². The van der Waals surface area contributed by atoms with Crippen molar-refractivity contribution in [2.24, 2.45) is 0 Å². The smallest absolute Gasteiger partial charge is 0.240 e. The van der Waals surface area contributed by atoms with Gasteiger partial charge in [0.25, 0.3) is 0 Å². The molecule has 13 nitrogen and oxygen atoms in total. The zero-order valence-electron chi connectivity index (χ0n) is 67.7. The highest BCUT2D eigenvalue weighted by molar-refractivity contribution is 7.26. The molecule has 1 aliphatic carbocycles. The van der Waals surface area contributed by atoms with Gasteiger partial charge in [0.1, 0.15) is 27.9 Å². The Hall–Kier alpha value is -16.2. The van der Waals surface area contributed by atoms with E-state index in [-0.39, 0.29) is 5.41 Å². The topological polar surface area (TPSA) is 136 Å². The normalized spacial score (nSPS) is 12.7. The van der Waals surface area contributed by atoms with Gasteiger partial charge in [0.05, 0.1) is 76.8 Å². The van der Waals surface area contributed by atoms with Crippen molar-refractivity contribution in [2.75, 3.05) is 0 Å². The van der Waals surface area contributed by atoms with Crippen LogP contribution in [0.4, 0.5) is 0 Å². The van der Waals surface area contributed by atoms with Crippen LogP contribution in [0.25, 0.3) is 251 Å². The lowest BCUT2D eigenvalue weighted by atomic mass is 9.80. The predicted octanol–water partition coefficient (Wildman–Crippen LogP) is 29.9. The molecule has 12 aromatic heterocycles. The summed E-state index contributed by atoms with van der Waals surface area (Å²) in [6.45, 7) is 4.65. The van der Waals surface area contributed by atoms with Crippen LogP contribution in [-0.2, 0) is 5.41 Å². The largest absolute Gasteiger partial charge is 0.456 e. The van der Waals surface area contributed by atoms with Crippen molar-refractivity contribution in [3.05, 3.63) is 375 Å². The third-order valence-corrected chi connectivity index (χ3v) is 28.1. The molecule has 0 amide bonds. The number of hydrogen-bond donors (Lipinski definition) is 0. The number of aromatic nitrogens is 10. The maximum absolute atomic E-state index is 6.69. The predicted molar refractivity (Wildman–Crippen MR) is 520 cm³/mol. The molecule has 29 rings (SSSR count). The third kappa shape index (κ3) is 10.3. The zero-order chi connectivity index (χ0) is 82.7. The maximum Gasteiger partial charge on any atom is 0.240 e. The molecule has 0 N–H and O–H groups in total. The van der Waals surface area contributed by atoms with Crippen molar-refractivity contribution in [3.63, 3.8) is 0 Å². The van der Waals surface area contributed by atoms with Gasteiger partial charge in [-0.2, -0.15) is 9.97 Å². The summed E-state index contributed by atoms with van der Waals surface area (Å²) in [5.74, 6) is 2.69. The van der Waals surface area contributed by atoms with Gasteiger partial charge in [-0.25, -0.2) is 19.9 Å². The second kappa shape index (κ2) is 26.9. The summed E-state index contributed by atoms with van der Waals surface area (Å²) < 4.78 is 33.0. The molecule has 15 heteroatoms. The average Bonchev–Trinajstić information content (AvgIpc) is 1.54. The van der Waals surface area contributed by atoms with Crippen LogP contribution >= 0.6 is 22.7 Å². The molecule has 0 bridgehead atoms. The molecule has 28 aromatic rings. The van der Waals surface area contributed by atoms with Gasteiger partial charge in [-0.15, -0.1) is 22.7 Å². The van der Waals surface area contributed by atoms with E-state index < -0.39 is 0 Å². The van der Waals surface area contributed by atoms with Gasteiger partial charge < -0.3 is 13.3 Å². The monoisotopic (exact) mass is 1650 g/mol. The molecule has 0 fully saturated rings. The number of thiophene rings is 2. The van der Waals surface area contributed by atoms with E-state index in [2.05, 4.69) is 360 Å². The summed E-state index contributed by atoms with van der Waals surface area (Å²) in [4.78, 5) is 32.0. The van der Waals surface area contributed by atoms with E-state index in [1.165, 1.54) is 63.1 Å². The second-order valence-electron chi connectivity index (χ2n) is 33.1. The van der Waals surface area contributed by atoms with Crippen LogP contribution in [0.5, 0.6) is 0 Å². The summed E-state index contributed by atoms with van der Waals surface area (Å²) in [5, 5.41) is 19.2. The van der Waals surface area contributed by atoms with E-state index in [0.29, 0.717) is 23.6 Å². The highest BCUT2D eigenvalue weighted by Crippen LogP contribution is 2.55. The first kappa shape index (κ1) is 70.5. The standard InChI is InChI=1S/C40H22N4O2.C37H25N3S.C34H19N3OS/c1-6-16-30-23(11-1)24-12-2-7-17-31(24)43(30)38-37-29-22-35-28(27-15-5-10-20-34(27)45-35)21-36(29)46-39(37)42-40(41-38)44-32-18-8-3-13-25(32)26-14-4-9-19-33(26)44;1-37(2)28-20-26-25-16-8-11-19-31(25)41-32(26)21-27(28)35-33(37)34(22-12-4-3-5-13-22)38-36(39-35)40-29-17-9-6-14-23(29)24-15-7-10-18-30(24)40;1-2-10-20(11-3-1)31-33-32(25-18-29-24(19-30(25)39-33)23-14-6-9-17-28(23)38-29)36-34(35-31)37-26-15-7-4-12-21(26)22-13-5-8-16-27(22)37/h1-22H;3-21H,1-2H3;1-19H. The Labute approximate surface area is 724 Å². The third-order valence-electron chi connectivity index (χ3n) is 25.8. The Kier molecular flexibility index (Phi) is 15.0. The minimum absolute atomic E-state index is 0.258. The number of para-hydroxylation sites is 10.